The molecule has 0 radical (unpaired) electrons. The van der Waals surface area contributed by atoms with E-state index in [1.54, 1.807) is 19.1 Å². The van der Waals surface area contributed by atoms with Gasteiger partial charge in [-0.2, -0.15) is 0 Å². The van der Waals surface area contributed by atoms with E-state index in [-0.39, 0.29) is 15.6 Å². The van der Waals surface area contributed by atoms with Gasteiger partial charge in [0.2, 0.25) is 10.0 Å². The minimum Gasteiger partial charge on any atom is -0.244 e. The normalized spacial score (nSPS) is 13.2. The van der Waals surface area contributed by atoms with E-state index in [0.29, 0.717) is 0 Å². The monoisotopic (exact) mass is 314 g/mol. The lowest BCUT2D eigenvalue weighted by Crippen LogP contribution is -2.27. The number of nitrogens with zero attached hydrogens (tertiary/aromatic N) is 1. The molecule has 1 unspecified atom stereocenters. The fourth-order valence-corrected chi connectivity index (χ4v) is 3.22. The summed E-state index contributed by atoms with van der Waals surface area (Å²) in [6.07, 6.45) is 1.30. The first-order valence-electron chi connectivity index (χ1n) is 5.78. The molecule has 0 aliphatic carbocycles. The molecule has 20 heavy (non-hydrogen) atoms. The fraction of sp³-hybridized carbons (Fsp3) is 0.154. The summed E-state index contributed by atoms with van der Waals surface area (Å²) < 4.78 is 40.3. The summed E-state index contributed by atoms with van der Waals surface area (Å²) in [7, 11) is -3.79. The summed E-state index contributed by atoms with van der Waals surface area (Å²) in [5.41, 5.74) is 0.274. The van der Waals surface area contributed by atoms with Gasteiger partial charge in [0.15, 0.2) is 0 Å². The molecule has 7 heteroatoms. The number of rotatable bonds is 4. The maximum absolute atomic E-state index is 13.6. The molecule has 1 aromatic heterocycles. The van der Waals surface area contributed by atoms with Gasteiger partial charge in [0, 0.05) is 17.8 Å². The zero-order valence-corrected chi connectivity index (χ0v) is 12.1. The number of aromatic nitrogens is 1. The molecule has 106 valence electrons. The van der Waals surface area contributed by atoms with Crippen LogP contribution in [-0.2, 0) is 10.0 Å². The first-order valence-corrected chi connectivity index (χ1v) is 7.64. The van der Waals surface area contributed by atoms with E-state index >= 15 is 0 Å². The molecular formula is C13H12ClFN2O2S. The van der Waals surface area contributed by atoms with E-state index < -0.39 is 21.9 Å². The Hall–Kier alpha value is -1.50. The van der Waals surface area contributed by atoms with Crippen molar-refractivity contribution in [3.8, 4) is 0 Å². The van der Waals surface area contributed by atoms with E-state index in [1.165, 1.54) is 30.5 Å². The second-order valence-corrected chi connectivity index (χ2v) is 6.28. The highest BCUT2D eigenvalue weighted by Crippen LogP contribution is 2.20. The molecule has 4 nitrogen and oxygen atoms in total. The van der Waals surface area contributed by atoms with Crippen LogP contribution in [0.1, 0.15) is 18.5 Å². The summed E-state index contributed by atoms with van der Waals surface area (Å²) in [6.45, 7) is 1.57. The first kappa shape index (κ1) is 14.9. The second-order valence-electron chi connectivity index (χ2n) is 4.18. The predicted molar refractivity (Wildman–Crippen MR) is 74.4 cm³/mol. The smallest absolute Gasteiger partial charge is 0.241 e. The molecule has 0 fully saturated rings. The lowest BCUT2D eigenvalue weighted by Gasteiger charge is -2.15. The van der Waals surface area contributed by atoms with E-state index in [1.807, 2.05) is 0 Å². The van der Waals surface area contributed by atoms with E-state index in [0.717, 1.165) is 0 Å². The van der Waals surface area contributed by atoms with Crippen molar-refractivity contribution in [3.05, 3.63) is 59.1 Å². The van der Waals surface area contributed by atoms with Crippen LogP contribution in [0, 0.1) is 5.82 Å². The van der Waals surface area contributed by atoms with Crippen molar-refractivity contribution in [2.75, 3.05) is 0 Å². The molecule has 0 amide bonds. The predicted octanol–water partition coefficient (Wildman–Crippen LogP) is 2.91. The van der Waals surface area contributed by atoms with Crippen molar-refractivity contribution in [3.63, 3.8) is 0 Å². The third kappa shape index (κ3) is 3.33. The number of benzene rings is 1. The molecule has 0 aliphatic heterocycles. The Morgan fingerprint density at radius 1 is 1.30 bits per heavy atom. The number of hydrogen-bond acceptors (Lipinski definition) is 3. The zero-order chi connectivity index (χ0) is 14.8. The van der Waals surface area contributed by atoms with Crippen molar-refractivity contribution in [1.82, 2.24) is 9.71 Å². The van der Waals surface area contributed by atoms with Gasteiger partial charge in [0.25, 0.3) is 0 Å². The third-order valence-corrected chi connectivity index (χ3v) is 4.46. The highest BCUT2D eigenvalue weighted by atomic mass is 35.5. The van der Waals surface area contributed by atoms with Crippen LogP contribution < -0.4 is 4.72 Å². The van der Waals surface area contributed by atoms with Crippen molar-refractivity contribution < 1.29 is 12.8 Å². The fourth-order valence-electron chi connectivity index (χ4n) is 1.74. The van der Waals surface area contributed by atoms with Gasteiger partial charge in [0.05, 0.1) is 4.90 Å². The summed E-state index contributed by atoms with van der Waals surface area (Å²) in [6, 6.07) is 7.86. The summed E-state index contributed by atoms with van der Waals surface area (Å²) in [5, 5.41) is 0.0754. The van der Waals surface area contributed by atoms with Crippen molar-refractivity contribution in [2.24, 2.45) is 0 Å². The molecule has 2 rings (SSSR count). The minimum atomic E-state index is -3.79. The lowest BCUT2D eigenvalue weighted by molar-refractivity contribution is 0.550. The Kier molecular flexibility index (Phi) is 4.37. The highest BCUT2D eigenvalue weighted by molar-refractivity contribution is 7.89. The molecule has 0 aliphatic rings. The Bertz CT molecular complexity index is 722. The van der Waals surface area contributed by atoms with Crippen molar-refractivity contribution in [2.45, 2.75) is 17.9 Å². The average molecular weight is 315 g/mol. The van der Waals surface area contributed by atoms with Gasteiger partial charge in [-0.15, -0.1) is 0 Å². The van der Waals surface area contributed by atoms with Crippen LogP contribution in [-0.4, -0.2) is 13.4 Å². The molecule has 1 N–H and O–H groups in total. The molecule has 0 saturated carbocycles. The Balaban J connectivity index is 2.27. The van der Waals surface area contributed by atoms with Crippen molar-refractivity contribution in [1.29, 1.82) is 0 Å². The maximum Gasteiger partial charge on any atom is 0.241 e. The van der Waals surface area contributed by atoms with Gasteiger partial charge in [-0.1, -0.05) is 29.8 Å². The Morgan fingerprint density at radius 2 is 2.00 bits per heavy atom. The summed E-state index contributed by atoms with van der Waals surface area (Å²) in [5.74, 6) is -0.463. The minimum absolute atomic E-state index is 0.0133. The van der Waals surface area contributed by atoms with E-state index in [9.17, 15) is 12.8 Å². The van der Waals surface area contributed by atoms with Crippen molar-refractivity contribution >= 4 is 21.6 Å². The average Bonchev–Trinajstić information content (AvgIpc) is 2.38. The van der Waals surface area contributed by atoms with Crippen LogP contribution in [0.5, 0.6) is 0 Å². The van der Waals surface area contributed by atoms with Crippen LogP contribution in [0.25, 0.3) is 0 Å². The maximum atomic E-state index is 13.6. The van der Waals surface area contributed by atoms with E-state index in [2.05, 4.69) is 9.71 Å². The number of nitrogens with one attached hydrogen (secondary N) is 1. The Labute approximate surface area is 121 Å². The molecular weight excluding hydrogens is 303 g/mol. The lowest BCUT2D eigenvalue weighted by atomic mass is 10.1. The molecule has 2 aromatic rings. The van der Waals surface area contributed by atoms with Gasteiger partial charge < -0.3 is 0 Å². The Morgan fingerprint density at radius 3 is 2.65 bits per heavy atom. The van der Waals surface area contributed by atoms with E-state index in [4.69, 9.17) is 11.6 Å². The van der Waals surface area contributed by atoms with Gasteiger partial charge in [0.1, 0.15) is 11.0 Å². The van der Waals surface area contributed by atoms with Gasteiger partial charge in [-0.05, 0) is 25.1 Å². The first-order chi connectivity index (χ1) is 9.40. The highest BCUT2D eigenvalue weighted by Gasteiger charge is 2.20. The number of hydrogen-bond donors (Lipinski definition) is 1. The number of pyridine rings is 1. The topological polar surface area (TPSA) is 59.1 Å². The van der Waals surface area contributed by atoms with Crippen LogP contribution in [0.15, 0.2) is 47.5 Å². The third-order valence-electron chi connectivity index (χ3n) is 2.71. The second kappa shape index (κ2) is 5.87. The van der Waals surface area contributed by atoms with Gasteiger partial charge in [-0.25, -0.2) is 22.5 Å². The SMILES string of the molecule is CC(NS(=O)(=O)c1ccnc(Cl)c1)c1ccccc1F. The molecule has 0 spiro atoms. The van der Waals surface area contributed by atoms with Crippen LogP contribution in [0.2, 0.25) is 5.15 Å². The number of sulfonamides is 1. The zero-order valence-electron chi connectivity index (χ0n) is 10.5. The molecule has 0 bridgehead atoms. The standard InChI is InChI=1S/C13H12ClFN2O2S/c1-9(11-4-2-3-5-12(11)15)17-20(18,19)10-6-7-16-13(14)8-10/h2-9,17H,1H3. The summed E-state index contributed by atoms with van der Waals surface area (Å²) >= 11 is 5.67. The van der Waals surface area contributed by atoms with Gasteiger partial charge >= 0.3 is 0 Å². The van der Waals surface area contributed by atoms with Crippen LogP contribution >= 0.6 is 11.6 Å². The molecule has 0 saturated heterocycles. The quantitative estimate of drug-likeness (QED) is 0.883. The molecule has 1 heterocycles. The summed E-state index contributed by atoms with van der Waals surface area (Å²) in [4.78, 5) is 3.70. The molecule has 1 atom stereocenters. The van der Waals surface area contributed by atoms with Gasteiger partial charge in [-0.3, -0.25) is 0 Å². The van der Waals surface area contributed by atoms with Crippen LogP contribution in [0.4, 0.5) is 4.39 Å². The largest absolute Gasteiger partial charge is 0.244 e. The number of halogens is 2. The van der Waals surface area contributed by atoms with Crippen LogP contribution in [0.3, 0.4) is 0 Å². The molecule has 1 aromatic carbocycles.